The first-order valence-electron chi connectivity index (χ1n) is 4.17. The van der Waals surface area contributed by atoms with E-state index < -0.39 is 14.6 Å². The molecule has 0 aliphatic heterocycles. The Bertz CT molecular complexity index is 140. The largest absolute Gasteiger partial charge is 0.391 e. The van der Waals surface area contributed by atoms with Gasteiger partial charge in [-0.3, -0.25) is 0 Å². The molecule has 0 saturated heterocycles. The number of hydrogen-bond donors (Lipinski definition) is 2. The fourth-order valence-electron chi connectivity index (χ4n) is 0.554. The molecule has 1 atom stereocenters. The van der Waals surface area contributed by atoms with Crippen LogP contribution in [0.5, 0.6) is 0 Å². The van der Waals surface area contributed by atoms with Crippen molar-refractivity contribution in [2.24, 2.45) is 0 Å². The average molecular weight is 192 g/mol. The monoisotopic (exact) mass is 192 g/mol. The molecule has 0 aromatic carbocycles. The van der Waals surface area contributed by atoms with Crippen molar-refractivity contribution in [1.82, 2.24) is 0 Å². The Morgan fingerprint density at radius 1 is 1.33 bits per heavy atom. The predicted molar refractivity (Wildman–Crippen MR) is 51.4 cm³/mol. The zero-order chi connectivity index (χ0) is 9.99. The molecule has 0 spiro atoms. The highest BCUT2D eigenvalue weighted by atomic mass is 28.4. The third-order valence-corrected chi connectivity index (χ3v) is 6.87. The lowest BCUT2D eigenvalue weighted by molar-refractivity contribution is -0.0640. The van der Waals surface area contributed by atoms with Crippen LogP contribution in [0.2, 0.25) is 18.1 Å². The van der Waals surface area contributed by atoms with Crippen LogP contribution in [0.3, 0.4) is 0 Å². The topological polar surface area (TPSA) is 49.7 Å². The molecule has 0 amide bonds. The molecule has 4 heteroatoms. The van der Waals surface area contributed by atoms with Gasteiger partial charge in [0.05, 0.1) is 6.61 Å². The Balaban J connectivity index is 4.22. The van der Waals surface area contributed by atoms with Crippen LogP contribution in [0.25, 0.3) is 0 Å². The zero-order valence-electron chi connectivity index (χ0n) is 8.59. The van der Waals surface area contributed by atoms with Crippen molar-refractivity contribution in [3.63, 3.8) is 0 Å². The first-order valence-corrected chi connectivity index (χ1v) is 7.08. The molecule has 74 valence electrons. The summed E-state index contributed by atoms with van der Waals surface area (Å²) in [6, 6.07) is 0. The van der Waals surface area contributed by atoms with E-state index in [-0.39, 0.29) is 11.6 Å². The summed E-state index contributed by atoms with van der Waals surface area (Å²) in [5, 5.41) is 17.8. The smallest absolute Gasteiger partial charge is 0.195 e. The van der Waals surface area contributed by atoms with Gasteiger partial charge in [-0.2, -0.15) is 0 Å². The maximum atomic E-state index is 9.12. The second-order valence-electron chi connectivity index (χ2n) is 4.52. The highest BCUT2D eigenvalue weighted by Gasteiger charge is 2.38. The average Bonchev–Trinajstić information content (AvgIpc) is 1.84. The molecule has 3 nitrogen and oxygen atoms in total. The molecular formula is C8H20O3Si. The maximum Gasteiger partial charge on any atom is 0.195 e. The fourth-order valence-corrected chi connectivity index (χ4v) is 1.66. The number of rotatable bonds is 3. The SMILES string of the molecule is CC(C)(C)[Si](C)(C)O[C@H](O)CO. The third-order valence-electron chi connectivity index (χ3n) is 2.39. The molecule has 0 heterocycles. The fraction of sp³-hybridized carbons (Fsp3) is 1.00. The first-order chi connectivity index (χ1) is 5.20. The summed E-state index contributed by atoms with van der Waals surface area (Å²) in [7, 11) is -1.90. The van der Waals surface area contributed by atoms with Crippen molar-refractivity contribution in [3.8, 4) is 0 Å². The van der Waals surface area contributed by atoms with Gasteiger partial charge in [-0.1, -0.05) is 20.8 Å². The molecule has 0 aromatic rings. The summed E-state index contributed by atoms with van der Waals surface area (Å²) in [6.45, 7) is 10.0. The van der Waals surface area contributed by atoms with Crippen molar-refractivity contribution in [3.05, 3.63) is 0 Å². The van der Waals surface area contributed by atoms with E-state index in [2.05, 4.69) is 20.8 Å². The van der Waals surface area contributed by atoms with E-state index in [4.69, 9.17) is 14.6 Å². The first kappa shape index (κ1) is 12.1. The molecule has 2 N–H and O–H groups in total. The van der Waals surface area contributed by atoms with Crippen molar-refractivity contribution in [1.29, 1.82) is 0 Å². The van der Waals surface area contributed by atoms with E-state index >= 15 is 0 Å². The molecule has 0 fully saturated rings. The molecule has 0 radical (unpaired) electrons. The lowest BCUT2D eigenvalue weighted by Crippen LogP contribution is -2.44. The van der Waals surface area contributed by atoms with Gasteiger partial charge >= 0.3 is 0 Å². The third kappa shape index (κ3) is 3.22. The van der Waals surface area contributed by atoms with E-state index in [1.807, 2.05) is 13.1 Å². The molecule has 0 aromatic heterocycles. The highest BCUT2D eigenvalue weighted by Crippen LogP contribution is 2.36. The predicted octanol–water partition coefficient (Wildman–Crippen LogP) is 1.32. The van der Waals surface area contributed by atoms with Crippen molar-refractivity contribution in [2.75, 3.05) is 6.61 Å². The van der Waals surface area contributed by atoms with Crippen molar-refractivity contribution in [2.45, 2.75) is 45.2 Å². The van der Waals surface area contributed by atoms with Gasteiger partial charge in [0.1, 0.15) is 0 Å². The van der Waals surface area contributed by atoms with Crippen LogP contribution < -0.4 is 0 Å². The van der Waals surface area contributed by atoms with Crippen LogP contribution in [-0.4, -0.2) is 31.4 Å². The Hall–Kier alpha value is 0.0969. The van der Waals surface area contributed by atoms with Gasteiger partial charge in [0, 0.05) is 0 Å². The summed E-state index contributed by atoms with van der Waals surface area (Å²) in [6.07, 6.45) is -1.02. The normalized spacial score (nSPS) is 16.2. The summed E-state index contributed by atoms with van der Waals surface area (Å²) >= 11 is 0. The van der Waals surface area contributed by atoms with Gasteiger partial charge in [0.25, 0.3) is 0 Å². The molecule has 12 heavy (non-hydrogen) atoms. The van der Waals surface area contributed by atoms with Crippen LogP contribution in [0, 0.1) is 0 Å². The Morgan fingerprint density at radius 3 is 2.00 bits per heavy atom. The van der Waals surface area contributed by atoms with Crippen LogP contribution >= 0.6 is 0 Å². The summed E-state index contributed by atoms with van der Waals surface area (Å²) in [4.78, 5) is 0. The van der Waals surface area contributed by atoms with Gasteiger partial charge in [-0.25, -0.2) is 0 Å². The Kier molecular flexibility index (Phi) is 3.90. The molecular weight excluding hydrogens is 172 g/mol. The minimum absolute atomic E-state index is 0.0726. The molecule has 0 rings (SSSR count). The van der Waals surface area contributed by atoms with Crippen LogP contribution in [0.15, 0.2) is 0 Å². The summed E-state index contributed by atoms with van der Waals surface area (Å²) < 4.78 is 5.40. The number of hydrogen-bond acceptors (Lipinski definition) is 3. The van der Waals surface area contributed by atoms with E-state index in [0.717, 1.165) is 0 Å². The quantitative estimate of drug-likeness (QED) is 0.524. The lowest BCUT2D eigenvalue weighted by atomic mass is 10.2. The van der Waals surface area contributed by atoms with Gasteiger partial charge in [-0.15, -0.1) is 0 Å². The summed E-state index contributed by atoms with van der Waals surface area (Å²) in [5.41, 5.74) is 0. The number of aliphatic hydroxyl groups is 2. The second kappa shape index (κ2) is 3.87. The molecule has 0 unspecified atom stereocenters. The van der Waals surface area contributed by atoms with Gasteiger partial charge in [0.15, 0.2) is 14.6 Å². The molecule has 0 aliphatic rings. The van der Waals surface area contributed by atoms with E-state index in [1.54, 1.807) is 0 Å². The Labute approximate surface area is 75.5 Å². The van der Waals surface area contributed by atoms with Crippen LogP contribution in [-0.2, 0) is 4.43 Å². The van der Waals surface area contributed by atoms with Crippen molar-refractivity contribution < 1.29 is 14.6 Å². The maximum absolute atomic E-state index is 9.12. The highest BCUT2D eigenvalue weighted by molar-refractivity contribution is 6.74. The second-order valence-corrected chi connectivity index (χ2v) is 9.27. The molecule has 0 aliphatic carbocycles. The van der Waals surface area contributed by atoms with E-state index in [1.165, 1.54) is 0 Å². The van der Waals surface area contributed by atoms with Crippen molar-refractivity contribution >= 4 is 8.32 Å². The molecule has 0 bridgehead atoms. The minimum Gasteiger partial charge on any atom is -0.391 e. The standard InChI is InChI=1S/C8H20O3Si/c1-8(2,3)12(4,5)11-7(10)6-9/h7,9-10H,6H2,1-5H3/t7-/m0/s1. The van der Waals surface area contributed by atoms with E-state index in [0.29, 0.717) is 0 Å². The zero-order valence-corrected chi connectivity index (χ0v) is 9.59. The minimum atomic E-state index is -1.90. The number of aliphatic hydroxyl groups excluding tert-OH is 2. The van der Waals surface area contributed by atoms with Crippen LogP contribution in [0.1, 0.15) is 20.8 Å². The lowest BCUT2D eigenvalue weighted by Gasteiger charge is -2.37. The van der Waals surface area contributed by atoms with Gasteiger partial charge in [0.2, 0.25) is 0 Å². The van der Waals surface area contributed by atoms with Gasteiger partial charge in [-0.05, 0) is 18.1 Å². The molecule has 0 saturated carbocycles. The van der Waals surface area contributed by atoms with E-state index in [9.17, 15) is 0 Å². The Morgan fingerprint density at radius 2 is 1.75 bits per heavy atom. The van der Waals surface area contributed by atoms with Crippen LogP contribution in [0.4, 0.5) is 0 Å². The van der Waals surface area contributed by atoms with Gasteiger partial charge < -0.3 is 14.6 Å². The summed E-state index contributed by atoms with van der Waals surface area (Å²) in [5.74, 6) is 0.